The molecule has 6 nitrogen and oxygen atoms in total. The number of ether oxygens (including phenoxy) is 5. The molecule has 0 saturated carbocycles. The van der Waals surface area contributed by atoms with Crippen molar-refractivity contribution in [2.45, 2.75) is 6.10 Å². The Bertz CT molecular complexity index is 219. The molecule has 0 aromatic heterocycles. The van der Waals surface area contributed by atoms with Gasteiger partial charge in [0, 0.05) is 20.3 Å². The molecule has 0 N–H and O–H groups in total. The van der Waals surface area contributed by atoms with Crippen molar-refractivity contribution in [2.75, 3.05) is 53.9 Å². The minimum Gasteiger partial charge on any atom is -0.460 e. The lowest BCUT2D eigenvalue weighted by atomic mass is 10.4. The molecule has 0 radical (unpaired) electrons. The molecule has 0 heterocycles. The predicted octanol–water partition coefficient (Wildman–Crippen LogP) is 0.410. The second-order valence-electron chi connectivity index (χ2n) is 3.39. The fraction of sp³-hybridized carbons (Fsp3) is 0.750. The Labute approximate surface area is 108 Å². The van der Waals surface area contributed by atoms with Crippen LogP contribution in [0.4, 0.5) is 0 Å². The molecule has 0 spiro atoms. The lowest BCUT2D eigenvalue weighted by Crippen LogP contribution is -2.28. The van der Waals surface area contributed by atoms with Crippen LogP contribution >= 0.6 is 0 Å². The monoisotopic (exact) mass is 262 g/mol. The third-order valence-corrected chi connectivity index (χ3v) is 1.95. The largest absolute Gasteiger partial charge is 0.460 e. The minimum absolute atomic E-state index is 0.127. The zero-order valence-electron chi connectivity index (χ0n) is 11.1. The average Bonchev–Trinajstić information content (AvgIpc) is 2.39. The Morgan fingerprint density at radius 1 is 1.11 bits per heavy atom. The lowest BCUT2D eigenvalue weighted by Gasteiger charge is -2.17. The van der Waals surface area contributed by atoms with Gasteiger partial charge >= 0.3 is 5.97 Å². The van der Waals surface area contributed by atoms with Crippen molar-refractivity contribution in [3.05, 3.63) is 12.7 Å². The second kappa shape index (κ2) is 12.5. The molecule has 0 aliphatic carbocycles. The summed E-state index contributed by atoms with van der Waals surface area (Å²) in [4.78, 5) is 10.9. The van der Waals surface area contributed by atoms with Gasteiger partial charge in [0.05, 0.1) is 33.0 Å². The van der Waals surface area contributed by atoms with Crippen molar-refractivity contribution in [1.29, 1.82) is 0 Å². The standard InChI is InChI=1S/C12H22O6/c1-4-12(13)18-10-11(17-8-6-15-3)9-16-7-5-14-2/h4,11H,1,5-10H2,2-3H3. The summed E-state index contributed by atoms with van der Waals surface area (Å²) >= 11 is 0. The first-order chi connectivity index (χ1) is 8.74. The second-order valence-corrected chi connectivity index (χ2v) is 3.39. The molecule has 1 unspecified atom stereocenters. The summed E-state index contributed by atoms with van der Waals surface area (Å²) in [5.41, 5.74) is 0. The van der Waals surface area contributed by atoms with Gasteiger partial charge in [-0.05, 0) is 0 Å². The van der Waals surface area contributed by atoms with E-state index in [-0.39, 0.29) is 12.7 Å². The highest BCUT2D eigenvalue weighted by atomic mass is 16.6. The van der Waals surface area contributed by atoms with E-state index in [1.807, 2.05) is 0 Å². The molecule has 0 aromatic carbocycles. The maximum atomic E-state index is 10.9. The van der Waals surface area contributed by atoms with Gasteiger partial charge in [0.15, 0.2) is 0 Å². The number of hydrogen-bond acceptors (Lipinski definition) is 6. The van der Waals surface area contributed by atoms with Crippen LogP contribution in [0, 0.1) is 0 Å². The van der Waals surface area contributed by atoms with Gasteiger partial charge in [0.1, 0.15) is 12.7 Å². The highest BCUT2D eigenvalue weighted by Gasteiger charge is 2.11. The van der Waals surface area contributed by atoms with Gasteiger partial charge in [-0.1, -0.05) is 6.58 Å². The Morgan fingerprint density at radius 3 is 2.39 bits per heavy atom. The summed E-state index contributed by atoms with van der Waals surface area (Å²) in [6.07, 6.45) is 0.791. The third-order valence-electron chi connectivity index (χ3n) is 1.95. The summed E-state index contributed by atoms with van der Waals surface area (Å²) in [5, 5.41) is 0. The highest BCUT2D eigenvalue weighted by molar-refractivity contribution is 5.81. The molecule has 1 atom stereocenters. The van der Waals surface area contributed by atoms with Crippen LogP contribution in [0.3, 0.4) is 0 Å². The van der Waals surface area contributed by atoms with Crippen molar-refractivity contribution >= 4 is 5.97 Å². The highest BCUT2D eigenvalue weighted by Crippen LogP contribution is 1.97. The van der Waals surface area contributed by atoms with E-state index < -0.39 is 5.97 Å². The molecule has 106 valence electrons. The van der Waals surface area contributed by atoms with Crippen LogP contribution in [0.5, 0.6) is 0 Å². The number of carbonyl (C=O) groups excluding carboxylic acids is 1. The smallest absolute Gasteiger partial charge is 0.330 e. The zero-order chi connectivity index (χ0) is 13.6. The average molecular weight is 262 g/mol. The molecule has 0 saturated heterocycles. The maximum absolute atomic E-state index is 10.9. The zero-order valence-corrected chi connectivity index (χ0v) is 11.1. The van der Waals surface area contributed by atoms with Crippen molar-refractivity contribution in [1.82, 2.24) is 0 Å². The van der Waals surface area contributed by atoms with E-state index in [1.54, 1.807) is 14.2 Å². The van der Waals surface area contributed by atoms with E-state index in [2.05, 4.69) is 6.58 Å². The maximum Gasteiger partial charge on any atom is 0.330 e. The molecule has 18 heavy (non-hydrogen) atoms. The van der Waals surface area contributed by atoms with E-state index in [9.17, 15) is 4.79 Å². The SMILES string of the molecule is C=CC(=O)OCC(COCCOC)OCCOC. The summed E-state index contributed by atoms with van der Waals surface area (Å²) < 4.78 is 25.4. The number of esters is 1. The van der Waals surface area contributed by atoms with Crippen LogP contribution in [-0.2, 0) is 28.5 Å². The summed E-state index contributed by atoms with van der Waals surface area (Å²) in [7, 11) is 3.19. The molecule has 0 aromatic rings. The van der Waals surface area contributed by atoms with Crippen LogP contribution < -0.4 is 0 Å². The van der Waals surface area contributed by atoms with E-state index in [4.69, 9.17) is 23.7 Å². The van der Waals surface area contributed by atoms with Crippen LogP contribution in [0.1, 0.15) is 0 Å². The fourth-order valence-corrected chi connectivity index (χ4v) is 1.03. The lowest BCUT2D eigenvalue weighted by molar-refractivity contribution is -0.144. The van der Waals surface area contributed by atoms with Crippen LogP contribution in [0.15, 0.2) is 12.7 Å². The number of carbonyl (C=O) groups is 1. The summed E-state index contributed by atoms with van der Waals surface area (Å²) in [6.45, 7) is 5.65. The van der Waals surface area contributed by atoms with Crippen LogP contribution in [0.25, 0.3) is 0 Å². The van der Waals surface area contributed by atoms with Gasteiger partial charge < -0.3 is 23.7 Å². The number of hydrogen-bond donors (Lipinski definition) is 0. The van der Waals surface area contributed by atoms with E-state index >= 15 is 0 Å². The Balaban J connectivity index is 3.83. The molecule has 6 heteroatoms. The summed E-state index contributed by atoms with van der Waals surface area (Å²) in [5.74, 6) is -0.479. The van der Waals surface area contributed by atoms with E-state index in [0.29, 0.717) is 33.0 Å². The first-order valence-electron chi connectivity index (χ1n) is 5.71. The van der Waals surface area contributed by atoms with Crippen LogP contribution in [-0.4, -0.2) is 65.9 Å². The fourth-order valence-electron chi connectivity index (χ4n) is 1.03. The summed E-state index contributed by atoms with van der Waals surface area (Å²) in [6, 6.07) is 0. The molecular formula is C12H22O6. The van der Waals surface area contributed by atoms with Crippen LogP contribution in [0.2, 0.25) is 0 Å². The van der Waals surface area contributed by atoms with Gasteiger partial charge in [-0.2, -0.15) is 0 Å². The van der Waals surface area contributed by atoms with Crippen molar-refractivity contribution in [2.24, 2.45) is 0 Å². The first-order valence-corrected chi connectivity index (χ1v) is 5.71. The number of methoxy groups -OCH3 is 2. The molecule has 0 fully saturated rings. The van der Waals surface area contributed by atoms with Gasteiger partial charge in [-0.15, -0.1) is 0 Å². The Morgan fingerprint density at radius 2 is 1.78 bits per heavy atom. The first kappa shape index (κ1) is 17.1. The van der Waals surface area contributed by atoms with Crippen molar-refractivity contribution < 1.29 is 28.5 Å². The van der Waals surface area contributed by atoms with Gasteiger partial charge in [0.25, 0.3) is 0 Å². The number of rotatable bonds is 12. The topological polar surface area (TPSA) is 63.2 Å². The van der Waals surface area contributed by atoms with Crippen molar-refractivity contribution in [3.63, 3.8) is 0 Å². The van der Waals surface area contributed by atoms with Gasteiger partial charge in [-0.25, -0.2) is 4.79 Å². The normalized spacial score (nSPS) is 12.1. The predicted molar refractivity (Wildman–Crippen MR) is 65.5 cm³/mol. The van der Waals surface area contributed by atoms with Crippen molar-refractivity contribution in [3.8, 4) is 0 Å². The molecule has 0 bridgehead atoms. The molecular weight excluding hydrogens is 240 g/mol. The minimum atomic E-state index is -0.479. The van der Waals surface area contributed by atoms with Gasteiger partial charge in [0.2, 0.25) is 0 Å². The molecule has 0 amide bonds. The third kappa shape index (κ3) is 10.2. The molecule has 0 rings (SSSR count). The molecule has 0 aliphatic rings. The molecule has 0 aliphatic heterocycles. The quantitative estimate of drug-likeness (QED) is 0.288. The van der Waals surface area contributed by atoms with E-state index in [1.165, 1.54) is 0 Å². The Kier molecular flexibility index (Phi) is 11.8. The Hall–Kier alpha value is -0.950. The van der Waals surface area contributed by atoms with E-state index in [0.717, 1.165) is 6.08 Å². The van der Waals surface area contributed by atoms with Gasteiger partial charge in [-0.3, -0.25) is 0 Å².